The largest absolute Gasteiger partial charge is 0.346 e. The second kappa shape index (κ2) is 4.34. The van der Waals surface area contributed by atoms with Crippen LogP contribution in [-0.2, 0) is 4.79 Å². The summed E-state index contributed by atoms with van der Waals surface area (Å²) in [5.41, 5.74) is 5.41. The van der Waals surface area contributed by atoms with E-state index >= 15 is 0 Å². The molecule has 0 unspecified atom stereocenters. The Hall–Kier alpha value is -0.940. The molecule has 5 heteroatoms. The Balaban J connectivity index is 2.51. The van der Waals surface area contributed by atoms with E-state index in [4.69, 9.17) is 5.73 Å². The third kappa shape index (κ3) is 2.78. The fraction of sp³-hybridized carbons (Fsp3) is 0.500. The Morgan fingerprint density at radius 2 is 2.38 bits per heavy atom. The maximum absolute atomic E-state index is 11.2. The van der Waals surface area contributed by atoms with Crippen LogP contribution in [0.5, 0.6) is 0 Å². The highest BCUT2D eigenvalue weighted by Crippen LogP contribution is 2.14. The summed E-state index contributed by atoms with van der Waals surface area (Å²) in [6.07, 6.45) is 1.72. The first kappa shape index (κ1) is 10.1. The maximum atomic E-state index is 11.2. The first-order valence-corrected chi connectivity index (χ1v) is 4.94. The number of carbonyl (C=O) groups excluding carboxylic acids is 1. The van der Waals surface area contributed by atoms with Crippen molar-refractivity contribution < 1.29 is 4.79 Å². The lowest BCUT2D eigenvalue weighted by Gasteiger charge is -2.12. The van der Waals surface area contributed by atoms with Gasteiger partial charge in [0.15, 0.2) is 0 Å². The van der Waals surface area contributed by atoms with Gasteiger partial charge in [-0.2, -0.15) is 0 Å². The van der Waals surface area contributed by atoms with Gasteiger partial charge in [0, 0.05) is 11.6 Å². The first-order valence-electron chi connectivity index (χ1n) is 4.06. The fourth-order valence-electron chi connectivity index (χ4n) is 0.855. The van der Waals surface area contributed by atoms with E-state index in [1.54, 1.807) is 13.1 Å². The topological polar surface area (TPSA) is 68.0 Å². The van der Waals surface area contributed by atoms with Gasteiger partial charge in [0.2, 0.25) is 5.91 Å². The molecular formula is C8H13N3OS. The lowest BCUT2D eigenvalue weighted by Crippen LogP contribution is -2.39. The van der Waals surface area contributed by atoms with Crippen LogP contribution < -0.4 is 11.1 Å². The van der Waals surface area contributed by atoms with Crippen LogP contribution in [0.2, 0.25) is 0 Å². The molecular weight excluding hydrogens is 186 g/mol. The van der Waals surface area contributed by atoms with Crippen molar-refractivity contribution in [2.75, 3.05) is 0 Å². The highest BCUT2D eigenvalue weighted by atomic mass is 32.1. The van der Waals surface area contributed by atoms with E-state index < -0.39 is 6.04 Å². The van der Waals surface area contributed by atoms with Gasteiger partial charge >= 0.3 is 0 Å². The van der Waals surface area contributed by atoms with Crippen molar-refractivity contribution in [1.82, 2.24) is 10.3 Å². The number of nitrogens with two attached hydrogens (primary N) is 1. The van der Waals surface area contributed by atoms with Crippen LogP contribution in [0.1, 0.15) is 24.9 Å². The van der Waals surface area contributed by atoms with Crippen LogP contribution in [0.3, 0.4) is 0 Å². The predicted octanol–water partition coefficient (Wildman–Crippen LogP) is 0.667. The summed E-state index contributed by atoms with van der Waals surface area (Å²) >= 11 is 1.52. The van der Waals surface area contributed by atoms with Crippen molar-refractivity contribution in [2.24, 2.45) is 5.73 Å². The molecule has 13 heavy (non-hydrogen) atoms. The van der Waals surface area contributed by atoms with Gasteiger partial charge in [0.1, 0.15) is 5.01 Å². The molecule has 0 saturated carbocycles. The number of amides is 1. The molecule has 1 amide bonds. The SMILES string of the molecule is C[C@H](N)C(=O)N[C@H](C)c1nccs1. The van der Waals surface area contributed by atoms with Crippen molar-refractivity contribution in [1.29, 1.82) is 0 Å². The number of hydrogen-bond acceptors (Lipinski definition) is 4. The first-order chi connectivity index (χ1) is 6.11. The van der Waals surface area contributed by atoms with Crippen molar-refractivity contribution in [3.63, 3.8) is 0 Å². The zero-order valence-electron chi connectivity index (χ0n) is 7.65. The molecule has 4 nitrogen and oxygen atoms in total. The van der Waals surface area contributed by atoms with Gasteiger partial charge in [0.25, 0.3) is 0 Å². The van der Waals surface area contributed by atoms with Gasteiger partial charge in [-0.3, -0.25) is 4.79 Å². The minimum atomic E-state index is -0.470. The van der Waals surface area contributed by atoms with E-state index in [1.165, 1.54) is 11.3 Å². The van der Waals surface area contributed by atoms with Crippen LogP contribution in [0.4, 0.5) is 0 Å². The van der Waals surface area contributed by atoms with Crippen molar-refractivity contribution >= 4 is 17.2 Å². The molecule has 0 aliphatic heterocycles. The monoisotopic (exact) mass is 199 g/mol. The van der Waals surface area contributed by atoms with Crippen molar-refractivity contribution in [2.45, 2.75) is 25.9 Å². The van der Waals surface area contributed by atoms with E-state index in [-0.39, 0.29) is 11.9 Å². The number of hydrogen-bond donors (Lipinski definition) is 2. The van der Waals surface area contributed by atoms with Crippen LogP contribution >= 0.6 is 11.3 Å². The highest BCUT2D eigenvalue weighted by molar-refractivity contribution is 7.09. The van der Waals surface area contributed by atoms with E-state index in [2.05, 4.69) is 10.3 Å². The van der Waals surface area contributed by atoms with Crippen LogP contribution in [0.25, 0.3) is 0 Å². The zero-order chi connectivity index (χ0) is 9.84. The van der Waals surface area contributed by atoms with Gasteiger partial charge in [0.05, 0.1) is 12.1 Å². The van der Waals surface area contributed by atoms with Crippen LogP contribution in [0, 0.1) is 0 Å². The van der Waals surface area contributed by atoms with Gasteiger partial charge < -0.3 is 11.1 Å². The molecule has 1 aromatic heterocycles. The Morgan fingerprint density at radius 1 is 1.69 bits per heavy atom. The van der Waals surface area contributed by atoms with E-state index in [1.807, 2.05) is 12.3 Å². The molecule has 3 N–H and O–H groups in total. The third-order valence-electron chi connectivity index (χ3n) is 1.59. The Kier molecular flexibility index (Phi) is 3.39. The number of nitrogens with zero attached hydrogens (tertiary/aromatic N) is 1. The van der Waals surface area contributed by atoms with Crippen LogP contribution in [-0.4, -0.2) is 16.9 Å². The molecule has 0 saturated heterocycles. The van der Waals surface area contributed by atoms with Crippen LogP contribution in [0.15, 0.2) is 11.6 Å². The average Bonchev–Trinajstić information content (AvgIpc) is 2.55. The number of nitrogens with one attached hydrogen (secondary N) is 1. The maximum Gasteiger partial charge on any atom is 0.237 e. The average molecular weight is 199 g/mol. The van der Waals surface area contributed by atoms with Crippen molar-refractivity contribution in [3.8, 4) is 0 Å². The molecule has 0 aliphatic carbocycles. The van der Waals surface area contributed by atoms with E-state index in [0.717, 1.165) is 5.01 Å². The Morgan fingerprint density at radius 3 is 2.85 bits per heavy atom. The van der Waals surface area contributed by atoms with Crippen molar-refractivity contribution in [3.05, 3.63) is 16.6 Å². The summed E-state index contributed by atoms with van der Waals surface area (Å²) in [7, 11) is 0. The van der Waals surface area contributed by atoms with Gasteiger partial charge in [-0.1, -0.05) is 0 Å². The second-order valence-corrected chi connectivity index (χ2v) is 3.82. The number of carbonyl (C=O) groups is 1. The molecule has 2 atom stereocenters. The van der Waals surface area contributed by atoms with E-state index in [0.29, 0.717) is 0 Å². The van der Waals surface area contributed by atoms with Gasteiger partial charge in [-0.15, -0.1) is 11.3 Å². The summed E-state index contributed by atoms with van der Waals surface area (Å²) in [6, 6.07) is -0.527. The smallest absolute Gasteiger partial charge is 0.237 e. The molecule has 0 aromatic carbocycles. The second-order valence-electron chi connectivity index (χ2n) is 2.89. The Bertz CT molecular complexity index is 271. The minimum absolute atomic E-state index is 0.0569. The summed E-state index contributed by atoms with van der Waals surface area (Å²) < 4.78 is 0. The number of rotatable bonds is 3. The highest BCUT2D eigenvalue weighted by Gasteiger charge is 2.13. The van der Waals surface area contributed by atoms with E-state index in [9.17, 15) is 4.79 Å². The summed E-state index contributed by atoms with van der Waals surface area (Å²) in [5.74, 6) is -0.150. The quantitative estimate of drug-likeness (QED) is 0.751. The molecule has 0 aliphatic rings. The van der Waals surface area contributed by atoms with Gasteiger partial charge in [-0.25, -0.2) is 4.98 Å². The standard InChI is InChI=1S/C8H13N3OS/c1-5(9)7(12)11-6(2)8-10-3-4-13-8/h3-6H,9H2,1-2H3,(H,11,12)/t5-,6+/m0/s1. The molecule has 0 fully saturated rings. The lowest BCUT2D eigenvalue weighted by atomic mass is 10.3. The molecule has 0 spiro atoms. The Labute approximate surface area is 81.2 Å². The summed E-state index contributed by atoms with van der Waals surface area (Å²) in [6.45, 7) is 3.54. The fourth-order valence-corrected chi connectivity index (χ4v) is 1.50. The molecule has 0 radical (unpaired) electrons. The summed E-state index contributed by atoms with van der Waals surface area (Å²) in [5, 5.41) is 5.54. The molecule has 1 heterocycles. The zero-order valence-corrected chi connectivity index (χ0v) is 8.47. The molecule has 1 aromatic rings. The lowest BCUT2D eigenvalue weighted by molar-refractivity contribution is -0.122. The molecule has 72 valence electrons. The van der Waals surface area contributed by atoms with Gasteiger partial charge in [-0.05, 0) is 13.8 Å². The molecule has 0 bridgehead atoms. The number of thiazole rings is 1. The number of aromatic nitrogens is 1. The minimum Gasteiger partial charge on any atom is -0.346 e. The summed E-state index contributed by atoms with van der Waals surface area (Å²) in [4.78, 5) is 15.3. The normalized spacial score (nSPS) is 15.0. The third-order valence-corrected chi connectivity index (χ3v) is 2.55. The predicted molar refractivity (Wildman–Crippen MR) is 52.3 cm³/mol. The molecule has 1 rings (SSSR count).